The summed E-state index contributed by atoms with van der Waals surface area (Å²) in [5.41, 5.74) is 14.6. The van der Waals surface area contributed by atoms with Gasteiger partial charge in [0.05, 0.1) is 31.5 Å². The average molecular weight is 470 g/mol. The first-order chi connectivity index (χ1) is 16.6. The number of aliphatic hydroxyl groups excluding tert-OH is 1. The molecule has 7 heteroatoms. The predicted octanol–water partition coefficient (Wildman–Crippen LogP) is 2.45. The fourth-order valence-corrected chi connectivity index (χ4v) is 4.91. The number of nitrogens with two attached hydrogens (primary N) is 2. The topological polar surface area (TPSA) is 112 Å². The molecule has 0 spiro atoms. The van der Waals surface area contributed by atoms with Crippen molar-refractivity contribution in [2.45, 2.75) is 88.0 Å². The molecule has 1 heterocycles. The molecule has 0 unspecified atom stereocenters. The SMILES string of the molecule is N[C@H]1C[C@@H](O)[C@H](O[C@@H]2CCC[C@@H]([C@H](COCc3ccccc3)NCc3ccccc3)O2)[C@@H](N)C1. The first-order valence-corrected chi connectivity index (χ1v) is 12.5. The first kappa shape index (κ1) is 25.3. The van der Waals surface area contributed by atoms with E-state index in [1.54, 1.807) is 0 Å². The summed E-state index contributed by atoms with van der Waals surface area (Å²) in [6.07, 6.45) is 2.27. The van der Waals surface area contributed by atoms with E-state index < -0.39 is 18.5 Å². The summed E-state index contributed by atoms with van der Waals surface area (Å²) in [6.45, 7) is 1.82. The molecule has 186 valence electrons. The fraction of sp³-hybridized carbons (Fsp3) is 0.556. The summed E-state index contributed by atoms with van der Waals surface area (Å²) in [7, 11) is 0. The average Bonchev–Trinajstić information content (AvgIpc) is 2.85. The molecule has 7 nitrogen and oxygen atoms in total. The summed E-state index contributed by atoms with van der Waals surface area (Å²) in [5, 5.41) is 14.1. The molecule has 0 aromatic heterocycles. The van der Waals surface area contributed by atoms with Crippen LogP contribution in [0.15, 0.2) is 60.7 Å². The normalized spacial score (nSPS) is 30.7. The van der Waals surface area contributed by atoms with Gasteiger partial charge in [0.15, 0.2) is 6.29 Å². The van der Waals surface area contributed by atoms with Gasteiger partial charge >= 0.3 is 0 Å². The number of nitrogens with one attached hydrogen (secondary N) is 1. The minimum absolute atomic E-state index is 0.00805. The molecule has 0 amide bonds. The number of ether oxygens (including phenoxy) is 3. The highest BCUT2D eigenvalue weighted by molar-refractivity contribution is 5.15. The van der Waals surface area contributed by atoms with Crippen molar-refractivity contribution >= 4 is 0 Å². The lowest BCUT2D eigenvalue weighted by molar-refractivity contribution is -0.243. The van der Waals surface area contributed by atoms with Gasteiger partial charge < -0.3 is 36.1 Å². The molecule has 1 aliphatic carbocycles. The minimum atomic E-state index is -0.663. The van der Waals surface area contributed by atoms with Crippen LogP contribution < -0.4 is 16.8 Å². The number of rotatable bonds is 10. The van der Waals surface area contributed by atoms with Gasteiger partial charge in [0.1, 0.15) is 6.10 Å². The van der Waals surface area contributed by atoms with Crippen LogP contribution in [0.4, 0.5) is 0 Å². The van der Waals surface area contributed by atoms with E-state index in [0.717, 1.165) is 31.4 Å². The van der Waals surface area contributed by atoms with Crippen LogP contribution in [0.2, 0.25) is 0 Å². The summed E-state index contributed by atoms with van der Waals surface area (Å²) < 4.78 is 18.7. The molecule has 2 fully saturated rings. The monoisotopic (exact) mass is 469 g/mol. The van der Waals surface area contributed by atoms with E-state index in [2.05, 4.69) is 29.6 Å². The van der Waals surface area contributed by atoms with Crippen molar-refractivity contribution in [1.29, 1.82) is 0 Å². The zero-order valence-corrected chi connectivity index (χ0v) is 19.8. The van der Waals surface area contributed by atoms with E-state index in [4.69, 9.17) is 25.7 Å². The van der Waals surface area contributed by atoms with Gasteiger partial charge in [-0.15, -0.1) is 0 Å². The third kappa shape index (κ3) is 7.33. The van der Waals surface area contributed by atoms with E-state index in [1.165, 1.54) is 5.56 Å². The summed E-state index contributed by atoms with van der Waals surface area (Å²) in [4.78, 5) is 0. The first-order valence-electron chi connectivity index (χ1n) is 12.5. The Balaban J connectivity index is 1.36. The van der Waals surface area contributed by atoms with Crippen LogP contribution in [-0.2, 0) is 27.4 Å². The Kier molecular flexibility index (Phi) is 9.47. The van der Waals surface area contributed by atoms with Gasteiger partial charge in [0.2, 0.25) is 0 Å². The minimum Gasteiger partial charge on any atom is -0.390 e. The third-order valence-corrected chi connectivity index (χ3v) is 6.75. The van der Waals surface area contributed by atoms with Crippen molar-refractivity contribution in [2.24, 2.45) is 11.5 Å². The van der Waals surface area contributed by atoms with Crippen molar-refractivity contribution < 1.29 is 19.3 Å². The highest BCUT2D eigenvalue weighted by atomic mass is 16.7. The molecule has 1 saturated carbocycles. The summed E-state index contributed by atoms with van der Waals surface area (Å²) in [5.74, 6) is 0. The van der Waals surface area contributed by atoms with Crippen LogP contribution in [0.25, 0.3) is 0 Å². The Labute approximate surface area is 202 Å². The Morgan fingerprint density at radius 3 is 2.38 bits per heavy atom. The maximum Gasteiger partial charge on any atom is 0.158 e. The zero-order chi connectivity index (χ0) is 23.8. The highest BCUT2D eigenvalue weighted by Gasteiger charge is 2.38. The van der Waals surface area contributed by atoms with Gasteiger partial charge in [-0.2, -0.15) is 0 Å². The third-order valence-electron chi connectivity index (χ3n) is 6.75. The quantitative estimate of drug-likeness (QED) is 0.423. The van der Waals surface area contributed by atoms with Crippen LogP contribution >= 0.6 is 0 Å². The van der Waals surface area contributed by atoms with Gasteiger partial charge in [-0.25, -0.2) is 0 Å². The Morgan fingerprint density at radius 2 is 1.68 bits per heavy atom. The summed E-state index contributed by atoms with van der Waals surface area (Å²) in [6, 6.07) is 20.2. The molecule has 1 saturated heterocycles. The van der Waals surface area contributed by atoms with Crippen LogP contribution in [0.5, 0.6) is 0 Å². The van der Waals surface area contributed by atoms with Crippen molar-refractivity contribution in [1.82, 2.24) is 5.32 Å². The van der Waals surface area contributed by atoms with Crippen molar-refractivity contribution in [2.75, 3.05) is 6.61 Å². The highest BCUT2D eigenvalue weighted by Crippen LogP contribution is 2.28. The Morgan fingerprint density at radius 1 is 0.971 bits per heavy atom. The van der Waals surface area contributed by atoms with Crippen LogP contribution in [0.3, 0.4) is 0 Å². The second-order valence-electron chi connectivity index (χ2n) is 9.57. The van der Waals surface area contributed by atoms with E-state index in [0.29, 0.717) is 26.1 Å². The van der Waals surface area contributed by atoms with Gasteiger partial charge in [-0.1, -0.05) is 60.7 Å². The van der Waals surface area contributed by atoms with Crippen molar-refractivity contribution in [3.63, 3.8) is 0 Å². The molecule has 1 aliphatic heterocycles. The van der Waals surface area contributed by atoms with E-state index in [-0.39, 0.29) is 24.2 Å². The van der Waals surface area contributed by atoms with Crippen LogP contribution in [0.1, 0.15) is 43.2 Å². The second kappa shape index (κ2) is 12.7. The molecule has 0 bridgehead atoms. The molecule has 2 aromatic carbocycles. The molecular weight excluding hydrogens is 430 g/mol. The van der Waals surface area contributed by atoms with Crippen LogP contribution in [0, 0.1) is 0 Å². The lowest BCUT2D eigenvalue weighted by Crippen LogP contribution is -2.56. The van der Waals surface area contributed by atoms with Gasteiger partial charge in [0, 0.05) is 18.6 Å². The smallest absolute Gasteiger partial charge is 0.158 e. The molecule has 2 aromatic rings. The lowest BCUT2D eigenvalue weighted by Gasteiger charge is -2.41. The number of hydrogen-bond donors (Lipinski definition) is 4. The largest absolute Gasteiger partial charge is 0.390 e. The molecule has 7 atom stereocenters. The van der Waals surface area contributed by atoms with Crippen LogP contribution in [-0.4, -0.2) is 54.4 Å². The molecule has 0 radical (unpaired) electrons. The van der Waals surface area contributed by atoms with E-state index in [1.807, 2.05) is 36.4 Å². The number of aliphatic hydroxyl groups is 1. The standard InChI is InChI=1S/C27H39N3O4/c28-21-14-22(29)27(24(31)15-21)34-26-13-7-12-25(33-26)23(30-16-19-8-3-1-4-9-19)18-32-17-20-10-5-2-6-11-20/h1-6,8-11,21-27,30-31H,7,12-18,28-29H2/t21-,22+,23+,24-,25+,26-,27-/m1/s1. The van der Waals surface area contributed by atoms with E-state index in [9.17, 15) is 5.11 Å². The maximum absolute atomic E-state index is 10.5. The second-order valence-corrected chi connectivity index (χ2v) is 9.57. The van der Waals surface area contributed by atoms with Crippen molar-refractivity contribution in [3.05, 3.63) is 71.8 Å². The van der Waals surface area contributed by atoms with Gasteiger partial charge in [0.25, 0.3) is 0 Å². The summed E-state index contributed by atoms with van der Waals surface area (Å²) >= 11 is 0. The lowest BCUT2D eigenvalue weighted by atomic mass is 9.87. The number of benzene rings is 2. The van der Waals surface area contributed by atoms with E-state index >= 15 is 0 Å². The van der Waals surface area contributed by atoms with Gasteiger partial charge in [-0.3, -0.25) is 0 Å². The predicted molar refractivity (Wildman–Crippen MR) is 132 cm³/mol. The van der Waals surface area contributed by atoms with Crippen molar-refractivity contribution in [3.8, 4) is 0 Å². The zero-order valence-electron chi connectivity index (χ0n) is 19.8. The van der Waals surface area contributed by atoms with Gasteiger partial charge in [-0.05, 0) is 43.2 Å². The molecule has 4 rings (SSSR count). The fourth-order valence-electron chi connectivity index (χ4n) is 4.91. The Hall–Kier alpha value is -1.84. The molecular formula is C27H39N3O4. The number of hydrogen-bond acceptors (Lipinski definition) is 7. The Bertz CT molecular complexity index is 828. The molecule has 34 heavy (non-hydrogen) atoms. The molecule has 6 N–H and O–H groups in total. The maximum atomic E-state index is 10.5. The molecule has 2 aliphatic rings.